The van der Waals surface area contributed by atoms with Crippen molar-refractivity contribution < 1.29 is 22.6 Å². The highest BCUT2D eigenvalue weighted by Gasteiger charge is 2.31. The predicted molar refractivity (Wildman–Crippen MR) is 112 cm³/mol. The van der Waals surface area contributed by atoms with E-state index in [2.05, 4.69) is 31.0 Å². The number of halogens is 4. The normalized spacial score (nSPS) is 11.2. The second-order valence-corrected chi connectivity index (χ2v) is 7.37. The van der Waals surface area contributed by atoms with E-state index in [0.29, 0.717) is 34.7 Å². The zero-order chi connectivity index (χ0) is 21.7. The quantitative estimate of drug-likeness (QED) is 0.415. The number of nitrogens with zero attached hydrogens (tertiary/aromatic N) is 1. The van der Waals surface area contributed by atoms with Crippen LogP contribution in [0.1, 0.15) is 16.8 Å². The summed E-state index contributed by atoms with van der Waals surface area (Å²) in [6, 6.07) is 13.2. The molecule has 1 aromatic heterocycles. The third-order valence-corrected chi connectivity index (χ3v) is 4.85. The van der Waals surface area contributed by atoms with Crippen molar-refractivity contribution in [3.05, 3.63) is 76.0 Å². The van der Waals surface area contributed by atoms with Gasteiger partial charge in [0.1, 0.15) is 18.1 Å². The molecule has 0 saturated heterocycles. The molecular weight excluding hydrogens is 463 g/mol. The van der Waals surface area contributed by atoms with E-state index in [9.17, 15) is 13.2 Å². The number of alkyl halides is 3. The lowest BCUT2D eigenvalue weighted by atomic mass is 10.2. The third-order valence-electron chi connectivity index (χ3n) is 4.11. The molecule has 1 heterocycles. The zero-order valence-electron chi connectivity index (χ0n) is 16.0. The number of aryl methyl sites for hydroxylation is 1. The number of anilines is 2. The van der Waals surface area contributed by atoms with Crippen LogP contribution in [0.15, 0.2) is 59.2 Å². The minimum Gasteiger partial charge on any atom is -0.487 e. The first-order chi connectivity index (χ1) is 14.2. The van der Waals surface area contributed by atoms with Gasteiger partial charge in [-0.15, -0.1) is 13.2 Å². The van der Waals surface area contributed by atoms with Crippen molar-refractivity contribution in [2.45, 2.75) is 26.4 Å². The van der Waals surface area contributed by atoms with Gasteiger partial charge >= 0.3 is 6.36 Å². The van der Waals surface area contributed by atoms with Gasteiger partial charge in [0.2, 0.25) is 0 Å². The van der Waals surface area contributed by atoms with E-state index in [1.54, 1.807) is 24.4 Å². The fourth-order valence-electron chi connectivity index (χ4n) is 2.58. The lowest BCUT2D eigenvalue weighted by Gasteiger charge is -2.14. The molecule has 0 amide bonds. The van der Waals surface area contributed by atoms with E-state index in [1.165, 1.54) is 18.2 Å². The van der Waals surface area contributed by atoms with Gasteiger partial charge in [-0.2, -0.15) is 0 Å². The number of hydrogen-bond donors (Lipinski definition) is 2. The van der Waals surface area contributed by atoms with Crippen molar-refractivity contribution in [3.8, 4) is 11.5 Å². The Hall–Kier alpha value is -2.94. The summed E-state index contributed by atoms with van der Waals surface area (Å²) >= 11 is 3.27. The maximum Gasteiger partial charge on any atom is 0.573 e. The average Bonchev–Trinajstić information content (AvgIpc) is 2.67. The van der Waals surface area contributed by atoms with Crippen LogP contribution in [0.25, 0.3) is 0 Å². The molecule has 0 aliphatic heterocycles. The molecule has 0 bridgehead atoms. The Balaban J connectivity index is 1.63. The van der Waals surface area contributed by atoms with Crippen LogP contribution in [-0.2, 0) is 13.2 Å². The molecule has 0 unspecified atom stereocenters. The molecule has 3 aromatic rings. The summed E-state index contributed by atoms with van der Waals surface area (Å²) < 4.78 is 47.2. The predicted octanol–water partition coefficient (Wildman–Crippen LogP) is 5.82. The van der Waals surface area contributed by atoms with E-state index in [4.69, 9.17) is 10.5 Å². The molecule has 3 N–H and O–H groups in total. The maximum absolute atomic E-state index is 12.3. The Morgan fingerprint density at radius 2 is 1.83 bits per heavy atom. The Morgan fingerprint density at radius 1 is 1.07 bits per heavy atom. The number of hydrogen-bond acceptors (Lipinski definition) is 5. The van der Waals surface area contributed by atoms with E-state index in [0.717, 1.165) is 16.8 Å². The van der Waals surface area contributed by atoms with Crippen LogP contribution < -0.4 is 20.5 Å². The van der Waals surface area contributed by atoms with Crippen molar-refractivity contribution in [3.63, 3.8) is 0 Å². The van der Waals surface area contributed by atoms with E-state index in [1.807, 2.05) is 19.1 Å². The van der Waals surface area contributed by atoms with Crippen LogP contribution in [0.5, 0.6) is 11.5 Å². The summed E-state index contributed by atoms with van der Waals surface area (Å²) in [5.41, 5.74) is 9.79. The average molecular weight is 482 g/mol. The van der Waals surface area contributed by atoms with Crippen LogP contribution in [-0.4, -0.2) is 11.3 Å². The molecule has 0 aliphatic rings. The minimum absolute atomic E-state index is 0.294. The third kappa shape index (κ3) is 6.28. The maximum atomic E-state index is 12.3. The number of rotatable bonds is 7. The highest BCUT2D eigenvalue weighted by atomic mass is 79.9. The first-order valence-electron chi connectivity index (χ1n) is 8.91. The molecule has 0 spiro atoms. The van der Waals surface area contributed by atoms with Gasteiger partial charge in [-0.3, -0.25) is 4.98 Å². The highest BCUT2D eigenvalue weighted by molar-refractivity contribution is 9.10. The van der Waals surface area contributed by atoms with Gasteiger partial charge in [0.15, 0.2) is 0 Å². The Morgan fingerprint density at radius 3 is 2.50 bits per heavy atom. The lowest BCUT2D eigenvalue weighted by Crippen LogP contribution is -2.17. The molecular formula is C21H19BrF3N3O2. The number of nitrogen functional groups attached to an aromatic ring is 1. The van der Waals surface area contributed by atoms with E-state index >= 15 is 0 Å². The summed E-state index contributed by atoms with van der Waals surface area (Å²) in [6.45, 7) is 2.61. The van der Waals surface area contributed by atoms with Crippen LogP contribution >= 0.6 is 15.9 Å². The molecule has 0 fully saturated rings. The fourth-order valence-corrected chi connectivity index (χ4v) is 3.08. The van der Waals surface area contributed by atoms with Crippen molar-refractivity contribution >= 4 is 27.3 Å². The smallest absolute Gasteiger partial charge is 0.487 e. The molecule has 3 rings (SSSR count). The summed E-state index contributed by atoms with van der Waals surface area (Å²) in [6.07, 6.45) is -2.96. The number of aromatic nitrogens is 1. The summed E-state index contributed by atoms with van der Waals surface area (Å²) in [5.74, 6) is 0.319. The molecule has 0 radical (unpaired) electrons. The SMILES string of the molecule is Cc1ccc(COc2ccc(N)c(NCc3ccc(OC(F)(F)F)cc3Br)c2)nc1. The van der Waals surface area contributed by atoms with Gasteiger partial charge in [-0.25, -0.2) is 0 Å². The molecule has 0 saturated carbocycles. The molecule has 158 valence electrons. The van der Waals surface area contributed by atoms with Crippen LogP contribution in [0.4, 0.5) is 24.5 Å². The molecule has 0 aliphatic carbocycles. The van der Waals surface area contributed by atoms with Crippen molar-refractivity contribution in [1.29, 1.82) is 0 Å². The summed E-state index contributed by atoms with van der Waals surface area (Å²) in [4.78, 5) is 4.30. The summed E-state index contributed by atoms with van der Waals surface area (Å²) in [7, 11) is 0. The van der Waals surface area contributed by atoms with Crippen molar-refractivity contribution in [2.24, 2.45) is 0 Å². The standard InChI is InChI=1S/C21H19BrF3N3O2/c1-13-2-4-15(27-10-13)12-29-16-6-7-19(26)20(9-16)28-11-14-3-5-17(8-18(14)22)30-21(23,24)25/h2-10,28H,11-12,26H2,1H3. The second kappa shape index (κ2) is 9.25. The molecule has 9 heteroatoms. The Kier molecular flexibility index (Phi) is 6.71. The molecule has 30 heavy (non-hydrogen) atoms. The first-order valence-corrected chi connectivity index (χ1v) is 9.71. The molecule has 0 atom stereocenters. The monoisotopic (exact) mass is 481 g/mol. The highest BCUT2D eigenvalue weighted by Crippen LogP contribution is 2.30. The number of ether oxygens (including phenoxy) is 2. The molecule has 5 nitrogen and oxygen atoms in total. The van der Waals surface area contributed by atoms with Gasteiger partial charge in [0.25, 0.3) is 0 Å². The van der Waals surface area contributed by atoms with Crippen LogP contribution in [0, 0.1) is 6.92 Å². The molecule has 2 aromatic carbocycles. The minimum atomic E-state index is -4.73. The van der Waals surface area contributed by atoms with Gasteiger partial charge in [-0.05, 0) is 48.4 Å². The van der Waals surface area contributed by atoms with Crippen molar-refractivity contribution in [2.75, 3.05) is 11.1 Å². The fraction of sp³-hybridized carbons (Fsp3) is 0.190. The second-order valence-electron chi connectivity index (χ2n) is 6.52. The first kappa shape index (κ1) is 21.8. The van der Waals surface area contributed by atoms with E-state index in [-0.39, 0.29) is 5.75 Å². The van der Waals surface area contributed by atoms with Crippen molar-refractivity contribution in [1.82, 2.24) is 4.98 Å². The van der Waals surface area contributed by atoms with Crippen LogP contribution in [0.3, 0.4) is 0 Å². The van der Waals surface area contributed by atoms with Gasteiger partial charge in [0, 0.05) is 23.3 Å². The van der Waals surface area contributed by atoms with Gasteiger partial charge < -0.3 is 20.5 Å². The topological polar surface area (TPSA) is 69.4 Å². The number of pyridine rings is 1. The zero-order valence-corrected chi connectivity index (χ0v) is 17.5. The lowest BCUT2D eigenvalue weighted by molar-refractivity contribution is -0.274. The number of nitrogens with two attached hydrogens (primary N) is 1. The number of benzene rings is 2. The van der Waals surface area contributed by atoms with Crippen LogP contribution in [0.2, 0.25) is 0 Å². The van der Waals surface area contributed by atoms with Gasteiger partial charge in [0.05, 0.1) is 17.1 Å². The Bertz CT molecular complexity index is 1010. The number of nitrogens with one attached hydrogen (secondary N) is 1. The Labute approximate surface area is 180 Å². The summed E-state index contributed by atoms with van der Waals surface area (Å²) in [5, 5.41) is 3.17. The van der Waals surface area contributed by atoms with Gasteiger partial charge in [-0.1, -0.05) is 28.1 Å². The largest absolute Gasteiger partial charge is 0.573 e. The van der Waals surface area contributed by atoms with E-state index < -0.39 is 6.36 Å².